The van der Waals surface area contributed by atoms with E-state index in [-0.39, 0.29) is 11.9 Å². The van der Waals surface area contributed by atoms with Crippen molar-refractivity contribution in [2.24, 2.45) is 0 Å². The molecular formula is C18H28N4O2. The van der Waals surface area contributed by atoms with Gasteiger partial charge < -0.3 is 10.1 Å². The Morgan fingerprint density at radius 3 is 2.75 bits per heavy atom. The first-order valence-corrected chi connectivity index (χ1v) is 8.96. The number of amides is 1. The molecule has 6 nitrogen and oxygen atoms in total. The van der Waals surface area contributed by atoms with E-state index in [1.54, 1.807) is 0 Å². The number of rotatable bonds is 5. The van der Waals surface area contributed by atoms with Crippen LogP contribution in [0.3, 0.4) is 0 Å². The van der Waals surface area contributed by atoms with Gasteiger partial charge >= 0.3 is 0 Å². The Labute approximate surface area is 144 Å². The molecule has 0 saturated carbocycles. The van der Waals surface area contributed by atoms with E-state index in [0.29, 0.717) is 12.6 Å². The van der Waals surface area contributed by atoms with Gasteiger partial charge in [-0.15, -0.1) is 0 Å². The molecule has 2 saturated heterocycles. The third-order valence-electron chi connectivity index (χ3n) is 5.08. The Morgan fingerprint density at radius 1 is 1.33 bits per heavy atom. The summed E-state index contributed by atoms with van der Waals surface area (Å²) in [5, 5.41) is 3.14. The van der Waals surface area contributed by atoms with Crippen LogP contribution in [0.15, 0.2) is 24.5 Å². The second-order valence-corrected chi connectivity index (χ2v) is 6.73. The number of piperazine rings is 1. The molecular weight excluding hydrogens is 304 g/mol. The van der Waals surface area contributed by atoms with E-state index < -0.39 is 0 Å². The molecule has 6 heteroatoms. The normalized spacial score (nSPS) is 22.2. The number of ether oxygens (including phenoxy) is 1. The van der Waals surface area contributed by atoms with E-state index in [9.17, 15) is 4.79 Å². The quantitative estimate of drug-likeness (QED) is 0.874. The summed E-state index contributed by atoms with van der Waals surface area (Å²) in [5.74, 6) is 0.149. The monoisotopic (exact) mass is 332 g/mol. The Balaban J connectivity index is 1.41. The third kappa shape index (κ3) is 4.75. The van der Waals surface area contributed by atoms with E-state index in [1.807, 2.05) is 18.5 Å². The predicted molar refractivity (Wildman–Crippen MR) is 92.6 cm³/mol. The topological polar surface area (TPSA) is 57.7 Å². The molecule has 2 fully saturated rings. The number of nitrogens with zero attached hydrogens (tertiary/aromatic N) is 3. The highest BCUT2D eigenvalue weighted by molar-refractivity contribution is 5.78. The second-order valence-electron chi connectivity index (χ2n) is 6.73. The minimum absolute atomic E-state index is 0.149. The number of pyridine rings is 1. The Bertz CT molecular complexity index is 511. The average Bonchev–Trinajstić information content (AvgIpc) is 2.63. The van der Waals surface area contributed by atoms with Crippen molar-refractivity contribution in [3.05, 3.63) is 30.1 Å². The molecule has 3 heterocycles. The highest BCUT2D eigenvalue weighted by Gasteiger charge is 2.24. The summed E-state index contributed by atoms with van der Waals surface area (Å²) in [7, 11) is 0. The van der Waals surface area contributed by atoms with Crippen LogP contribution in [0.25, 0.3) is 0 Å². The summed E-state index contributed by atoms with van der Waals surface area (Å²) in [5.41, 5.74) is 1.25. The van der Waals surface area contributed by atoms with Crippen LogP contribution >= 0.6 is 0 Å². The Morgan fingerprint density at radius 2 is 2.08 bits per heavy atom. The van der Waals surface area contributed by atoms with Crippen molar-refractivity contribution in [1.82, 2.24) is 20.1 Å². The van der Waals surface area contributed by atoms with Gasteiger partial charge in [-0.25, -0.2) is 0 Å². The van der Waals surface area contributed by atoms with Gasteiger partial charge in [0, 0.05) is 63.9 Å². The fourth-order valence-corrected chi connectivity index (χ4v) is 3.46. The smallest absolute Gasteiger partial charge is 0.234 e. The van der Waals surface area contributed by atoms with E-state index in [2.05, 4.69) is 33.1 Å². The highest BCUT2D eigenvalue weighted by Crippen LogP contribution is 2.20. The van der Waals surface area contributed by atoms with Crippen molar-refractivity contribution in [2.75, 3.05) is 45.9 Å². The summed E-state index contributed by atoms with van der Waals surface area (Å²) < 4.78 is 5.33. The van der Waals surface area contributed by atoms with Crippen LogP contribution < -0.4 is 5.32 Å². The molecule has 1 N–H and O–H groups in total. The van der Waals surface area contributed by atoms with Crippen LogP contribution in [0.1, 0.15) is 31.4 Å². The lowest BCUT2D eigenvalue weighted by molar-refractivity contribution is -0.124. The molecule has 2 aliphatic heterocycles. The van der Waals surface area contributed by atoms with Gasteiger partial charge in [-0.05, 0) is 31.4 Å². The zero-order valence-corrected chi connectivity index (χ0v) is 14.5. The van der Waals surface area contributed by atoms with E-state index in [4.69, 9.17) is 4.74 Å². The predicted octanol–water partition coefficient (Wildman–Crippen LogP) is 1.06. The average molecular weight is 332 g/mol. The Hall–Kier alpha value is -1.50. The molecule has 1 amide bonds. The number of hydrogen-bond donors (Lipinski definition) is 1. The molecule has 1 aromatic heterocycles. The van der Waals surface area contributed by atoms with Crippen molar-refractivity contribution in [3.63, 3.8) is 0 Å². The van der Waals surface area contributed by atoms with Crippen LogP contribution in [-0.2, 0) is 9.53 Å². The first kappa shape index (κ1) is 17.3. The molecule has 0 bridgehead atoms. The first-order valence-electron chi connectivity index (χ1n) is 8.96. The molecule has 24 heavy (non-hydrogen) atoms. The lowest BCUT2D eigenvalue weighted by atomic mass is 10.1. The van der Waals surface area contributed by atoms with E-state index >= 15 is 0 Å². The van der Waals surface area contributed by atoms with Crippen LogP contribution in [-0.4, -0.2) is 72.7 Å². The minimum Gasteiger partial charge on any atom is -0.381 e. The van der Waals surface area contributed by atoms with Gasteiger partial charge in [0.05, 0.1) is 6.54 Å². The molecule has 1 atom stereocenters. The molecule has 0 spiro atoms. The standard InChI is InChI=1S/C18H28N4O2/c1-15(16-3-2-6-19-13-16)22-9-7-21(8-10-22)14-18(23)20-17-4-11-24-12-5-17/h2-3,6,13,15,17H,4-5,7-12,14H2,1H3,(H,20,23)/t15-/m0/s1. The molecule has 0 unspecified atom stereocenters. The Kier molecular flexibility index (Phi) is 6.18. The maximum absolute atomic E-state index is 12.2. The molecule has 3 rings (SSSR count). The van der Waals surface area contributed by atoms with Crippen LogP contribution in [0.2, 0.25) is 0 Å². The number of hydrogen-bond acceptors (Lipinski definition) is 5. The van der Waals surface area contributed by atoms with Crippen LogP contribution in [0, 0.1) is 0 Å². The summed E-state index contributed by atoms with van der Waals surface area (Å²) in [6.45, 7) is 8.10. The summed E-state index contributed by atoms with van der Waals surface area (Å²) in [6, 6.07) is 4.78. The SMILES string of the molecule is C[C@@H](c1cccnc1)N1CCN(CC(=O)NC2CCOCC2)CC1. The number of aromatic nitrogens is 1. The van der Waals surface area contributed by atoms with E-state index in [0.717, 1.165) is 52.2 Å². The highest BCUT2D eigenvalue weighted by atomic mass is 16.5. The zero-order chi connectivity index (χ0) is 16.8. The van der Waals surface area contributed by atoms with Crippen molar-refractivity contribution in [1.29, 1.82) is 0 Å². The molecule has 0 aromatic carbocycles. The molecule has 1 aromatic rings. The van der Waals surface area contributed by atoms with Crippen molar-refractivity contribution < 1.29 is 9.53 Å². The largest absolute Gasteiger partial charge is 0.381 e. The molecule has 0 aliphatic carbocycles. The van der Waals surface area contributed by atoms with Crippen LogP contribution in [0.5, 0.6) is 0 Å². The van der Waals surface area contributed by atoms with Gasteiger partial charge in [0.1, 0.15) is 0 Å². The van der Waals surface area contributed by atoms with Crippen molar-refractivity contribution in [3.8, 4) is 0 Å². The van der Waals surface area contributed by atoms with E-state index in [1.165, 1.54) is 5.56 Å². The third-order valence-corrected chi connectivity index (χ3v) is 5.08. The van der Waals surface area contributed by atoms with Gasteiger partial charge in [-0.3, -0.25) is 19.6 Å². The summed E-state index contributed by atoms with van der Waals surface area (Å²) in [6.07, 6.45) is 5.62. The van der Waals surface area contributed by atoms with Gasteiger partial charge in [-0.1, -0.05) is 6.07 Å². The lowest BCUT2D eigenvalue weighted by Gasteiger charge is -2.38. The van der Waals surface area contributed by atoms with Crippen LogP contribution in [0.4, 0.5) is 0 Å². The fourth-order valence-electron chi connectivity index (χ4n) is 3.46. The minimum atomic E-state index is 0.149. The maximum Gasteiger partial charge on any atom is 0.234 e. The second kappa shape index (κ2) is 8.55. The number of carbonyl (C=O) groups excluding carboxylic acids is 1. The van der Waals surface area contributed by atoms with Gasteiger partial charge in [0.15, 0.2) is 0 Å². The number of carbonyl (C=O) groups is 1. The van der Waals surface area contributed by atoms with Crippen molar-refractivity contribution in [2.45, 2.75) is 31.8 Å². The zero-order valence-electron chi connectivity index (χ0n) is 14.5. The number of nitrogens with one attached hydrogen (secondary N) is 1. The van der Waals surface area contributed by atoms with Gasteiger partial charge in [0.25, 0.3) is 0 Å². The molecule has 2 aliphatic rings. The van der Waals surface area contributed by atoms with Gasteiger partial charge in [0.2, 0.25) is 5.91 Å². The lowest BCUT2D eigenvalue weighted by Crippen LogP contribution is -2.51. The molecule has 0 radical (unpaired) electrons. The first-order chi connectivity index (χ1) is 11.7. The summed E-state index contributed by atoms with van der Waals surface area (Å²) >= 11 is 0. The summed E-state index contributed by atoms with van der Waals surface area (Å²) in [4.78, 5) is 21.1. The molecule has 132 valence electrons. The van der Waals surface area contributed by atoms with Crippen molar-refractivity contribution >= 4 is 5.91 Å². The maximum atomic E-state index is 12.2. The van der Waals surface area contributed by atoms with Gasteiger partial charge in [-0.2, -0.15) is 0 Å². The fraction of sp³-hybridized carbons (Fsp3) is 0.667.